The fourth-order valence-corrected chi connectivity index (χ4v) is 6.64. The first-order valence-electron chi connectivity index (χ1n) is 11.9. The predicted molar refractivity (Wildman–Crippen MR) is 118 cm³/mol. The van der Waals surface area contributed by atoms with E-state index in [4.69, 9.17) is 4.74 Å². The molecule has 3 N–H and O–H groups in total. The number of hydrogen-bond acceptors (Lipinski definition) is 5. The fraction of sp³-hybridized carbons (Fsp3) is 0.760. The molecule has 1 aromatic rings. The number of piperidine rings is 1. The summed E-state index contributed by atoms with van der Waals surface area (Å²) in [6, 6.07) is 6.46. The molecule has 1 saturated heterocycles. The van der Waals surface area contributed by atoms with Crippen LogP contribution in [0.1, 0.15) is 57.1 Å². The molecule has 2 saturated carbocycles. The van der Waals surface area contributed by atoms with Gasteiger partial charge in [0.15, 0.2) is 0 Å². The molecule has 166 valence electrons. The van der Waals surface area contributed by atoms with Crippen molar-refractivity contribution in [3.63, 3.8) is 0 Å². The SMILES string of the molecule is COc1ccc2c(c1)[C@]13CCN(CC4CC4)[C@H](C2)[C@]1(O)C[C@@H](NCC(C)C)[C@H](O)C3. The molecule has 3 fully saturated rings. The molecule has 0 radical (unpaired) electrons. The highest BCUT2D eigenvalue weighted by Crippen LogP contribution is 2.59. The summed E-state index contributed by atoms with van der Waals surface area (Å²) >= 11 is 0. The van der Waals surface area contributed by atoms with E-state index in [2.05, 4.69) is 36.2 Å². The molecule has 1 aliphatic heterocycles. The van der Waals surface area contributed by atoms with Gasteiger partial charge in [-0.3, -0.25) is 4.90 Å². The van der Waals surface area contributed by atoms with Crippen molar-refractivity contribution in [2.24, 2.45) is 11.8 Å². The molecule has 30 heavy (non-hydrogen) atoms. The van der Waals surface area contributed by atoms with E-state index in [0.29, 0.717) is 18.8 Å². The second-order valence-electron chi connectivity index (χ2n) is 10.8. The van der Waals surface area contributed by atoms with E-state index in [9.17, 15) is 10.2 Å². The number of likely N-dealkylation sites (tertiary alicyclic amines) is 1. The molecule has 5 heteroatoms. The molecule has 2 bridgehead atoms. The van der Waals surface area contributed by atoms with Gasteiger partial charge in [-0.15, -0.1) is 0 Å². The van der Waals surface area contributed by atoms with Crippen molar-refractivity contribution in [1.29, 1.82) is 0 Å². The van der Waals surface area contributed by atoms with Crippen molar-refractivity contribution in [2.75, 3.05) is 26.7 Å². The van der Waals surface area contributed by atoms with Gasteiger partial charge in [0.2, 0.25) is 0 Å². The minimum Gasteiger partial charge on any atom is -0.497 e. The lowest BCUT2D eigenvalue weighted by atomic mass is 9.48. The summed E-state index contributed by atoms with van der Waals surface area (Å²) < 4.78 is 5.56. The van der Waals surface area contributed by atoms with Crippen LogP contribution in [0.15, 0.2) is 18.2 Å². The van der Waals surface area contributed by atoms with Crippen LogP contribution in [0.5, 0.6) is 5.75 Å². The van der Waals surface area contributed by atoms with E-state index < -0.39 is 17.1 Å². The van der Waals surface area contributed by atoms with Gasteiger partial charge in [-0.05, 0) is 86.7 Å². The number of ether oxygens (including phenoxy) is 1. The number of aliphatic hydroxyl groups is 2. The van der Waals surface area contributed by atoms with E-state index in [1.807, 2.05) is 6.07 Å². The number of aliphatic hydroxyl groups excluding tert-OH is 1. The van der Waals surface area contributed by atoms with Gasteiger partial charge in [0.25, 0.3) is 0 Å². The molecule has 5 rings (SSSR count). The van der Waals surface area contributed by atoms with Gasteiger partial charge in [-0.25, -0.2) is 0 Å². The molecule has 0 amide bonds. The van der Waals surface area contributed by atoms with Crippen LogP contribution in [0, 0.1) is 11.8 Å². The molecule has 1 aromatic carbocycles. The van der Waals surface area contributed by atoms with Crippen molar-refractivity contribution < 1.29 is 14.9 Å². The number of rotatable bonds is 6. The molecular formula is C25H38N2O3. The van der Waals surface area contributed by atoms with E-state index in [1.54, 1.807) is 7.11 Å². The van der Waals surface area contributed by atoms with Gasteiger partial charge < -0.3 is 20.3 Å². The highest BCUT2D eigenvalue weighted by Gasteiger charge is 2.66. The first-order chi connectivity index (χ1) is 14.4. The van der Waals surface area contributed by atoms with Gasteiger partial charge in [-0.1, -0.05) is 19.9 Å². The van der Waals surface area contributed by atoms with Gasteiger partial charge in [0.1, 0.15) is 5.75 Å². The lowest BCUT2D eigenvalue weighted by molar-refractivity contribution is -0.190. The Morgan fingerprint density at radius 2 is 2.07 bits per heavy atom. The zero-order valence-corrected chi connectivity index (χ0v) is 18.7. The number of benzene rings is 1. The summed E-state index contributed by atoms with van der Waals surface area (Å²) in [5.41, 5.74) is 1.32. The summed E-state index contributed by atoms with van der Waals surface area (Å²) in [5, 5.41) is 27.3. The number of nitrogens with zero attached hydrogens (tertiary/aromatic N) is 1. The number of hydrogen-bond donors (Lipinski definition) is 3. The van der Waals surface area contributed by atoms with Crippen molar-refractivity contribution in [1.82, 2.24) is 10.2 Å². The molecule has 5 atom stereocenters. The summed E-state index contributed by atoms with van der Waals surface area (Å²) in [6.07, 6.45) is 5.24. The first kappa shape index (κ1) is 20.7. The molecule has 5 nitrogen and oxygen atoms in total. The monoisotopic (exact) mass is 414 g/mol. The summed E-state index contributed by atoms with van der Waals surface area (Å²) in [4.78, 5) is 2.58. The lowest BCUT2D eigenvalue weighted by Gasteiger charge is -2.65. The zero-order chi connectivity index (χ0) is 21.1. The van der Waals surface area contributed by atoms with Crippen molar-refractivity contribution >= 4 is 0 Å². The largest absolute Gasteiger partial charge is 0.497 e. The molecular weight excluding hydrogens is 376 g/mol. The van der Waals surface area contributed by atoms with Crippen LogP contribution in [-0.2, 0) is 11.8 Å². The molecule has 3 aliphatic carbocycles. The van der Waals surface area contributed by atoms with Crippen LogP contribution in [0.25, 0.3) is 0 Å². The second kappa shape index (κ2) is 7.47. The van der Waals surface area contributed by atoms with E-state index in [0.717, 1.165) is 44.1 Å². The first-order valence-corrected chi connectivity index (χ1v) is 11.9. The highest BCUT2D eigenvalue weighted by atomic mass is 16.5. The molecule has 1 heterocycles. The molecule has 0 aromatic heterocycles. The van der Waals surface area contributed by atoms with Gasteiger partial charge in [-0.2, -0.15) is 0 Å². The predicted octanol–water partition coefficient (Wildman–Crippen LogP) is 2.47. The fourth-order valence-electron chi connectivity index (χ4n) is 6.64. The maximum absolute atomic E-state index is 12.5. The standard InChI is InChI=1S/C25H38N2O3/c1-16(2)14-26-21-12-25(29)23-10-18-6-7-19(30-3)11-20(18)24(25,13-22(21)28)8-9-27(23)15-17-4-5-17/h6-7,11,16-17,21-23,26,28-29H,4-5,8-10,12-15H2,1-3H3/t21-,22-,23-,24-,25-/m1/s1. The van der Waals surface area contributed by atoms with Gasteiger partial charge in [0, 0.05) is 24.0 Å². The minimum absolute atomic E-state index is 0.0546. The second-order valence-corrected chi connectivity index (χ2v) is 10.8. The third-order valence-electron chi connectivity index (χ3n) is 8.42. The Morgan fingerprint density at radius 3 is 2.77 bits per heavy atom. The summed E-state index contributed by atoms with van der Waals surface area (Å²) in [6.45, 7) is 7.37. The molecule has 0 spiro atoms. The van der Waals surface area contributed by atoms with Gasteiger partial charge in [0.05, 0.1) is 18.8 Å². The molecule has 4 aliphatic rings. The van der Waals surface area contributed by atoms with Crippen molar-refractivity contribution in [2.45, 2.75) is 81.6 Å². The topological polar surface area (TPSA) is 65.0 Å². The van der Waals surface area contributed by atoms with Crippen molar-refractivity contribution in [3.8, 4) is 5.75 Å². The van der Waals surface area contributed by atoms with Crippen LogP contribution in [0.4, 0.5) is 0 Å². The number of nitrogens with one attached hydrogen (secondary N) is 1. The van der Waals surface area contributed by atoms with Crippen LogP contribution in [0.2, 0.25) is 0 Å². The maximum atomic E-state index is 12.5. The normalized spacial score (nSPS) is 38.3. The average Bonchev–Trinajstić information content (AvgIpc) is 3.53. The van der Waals surface area contributed by atoms with Crippen LogP contribution in [-0.4, -0.2) is 65.6 Å². The maximum Gasteiger partial charge on any atom is 0.119 e. The Balaban J connectivity index is 1.55. The van der Waals surface area contributed by atoms with Gasteiger partial charge >= 0.3 is 0 Å². The van der Waals surface area contributed by atoms with Crippen LogP contribution in [0.3, 0.4) is 0 Å². The minimum atomic E-state index is -0.826. The van der Waals surface area contributed by atoms with Crippen molar-refractivity contribution in [3.05, 3.63) is 29.3 Å². The summed E-state index contributed by atoms with van der Waals surface area (Å²) in [7, 11) is 1.71. The third kappa shape index (κ3) is 3.21. The quantitative estimate of drug-likeness (QED) is 0.667. The Morgan fingerprint density at radius 1 is 1.27 bits per heavy atom. The smallest absolute Gasteiger partial charge is 0.119 e. The van der Waals surface area contributed by atoms with E-state index in [-0.39, 0.29) is 12.1 Å². The lowest BCUT2D eigenvalue weighted by Crippen LogP contribution is -2.76. The Labute approximate surface area is 180 Å². The van der Waals surface area contributed by atoms with E-state index in [1.165, 1.54) is 24.0 Å². The Bertz CT molecular complexity index is 795. The Hall–Kier alpha value is -1.14. The zero-order valence-electron chi connectivity index (χ0n) is 18.7. The highest BCUT2D eigenvalue weighted by molar-refractivity contribution is 5.49. The molecule has 0 unspecified atom stereocenters. The Kier molecular flexibility index (Phi) is 5.17. The summed E-state index contributed by atoms with van der Waals surface area (Å²) in [5.74, 6) is 2.17. The third-order valence-corrected chi connectivity index (χ3v) is 8.42. The van der Waals surface area contributed by atoms with Crippen LogP contribution < -0.4 is 10.1 Å². The van der Waals surface area contributed by atoms with Crippen LogP contribution >= 0.6 is 0 Å². The number of fused-ring (bicyclic) bond motifs is 1. The number of methoxy groups -OCH3 is 1. The van der Waals surface area contributed by atoms with E-state index >= 15 is 0 Å². The average molecular weight is 415 g/mol.